The zero-order valence-electron chi connectivity index (χ0n) is 15.4. The van der Waals surface area contributed by atoms with Crippen LogP contribution in [0.1, 0.15) is 39.5 Å². The molecule has 1 aliphatic heterocycles. The number of nitrogens with zero attached hydrogens (tertiary/aromatic N) is 1. The van der Waals surface area contributed by atoms with E-state index in [-0.39, 0.29) is 11.5 Å². The minimum absolute atomic E-state index is 0.0554. The largest absolute Gasteiger partial charge is 0.573 e. The molecule has 1 unspecified atom stereocenters. The maximum Gasteiger partial charge on any atom is 0.573 e. The first kappa shape index (κ1) is 21.2. The summed E-state index contributed by atoms with van der Waals surface area (Å²) in [7, 11) is 3.50. The summed E-state index contributed by atoms with van der Waals surface area (Å²) in [4.78, 5) is 2.42. The Morgan fingerprint density at radius 1 is 1.08 bits per heavy atom. The van der Waals surface area contributed by atoms with Gasteiger partial charge in [0.25, 0.3) is 0 Å². The Morgan fingerprint density at radius 3 is 2.28 bits per heavy atom. The van der Waals surface area contributed by atoms with Gasteiger partial charge in [0.15, 0.2) is 11.5 Å². The molecule has 1 atom stereocenters. The number of rotatable bonds is 2. The highest BCUT2D eigenvalue weighted by molar-refractivity contribution is 5.39. The van der Waals surface area contributed by atoms with E-state index in [9.17, 15) is 13.2 Å². The number of fused-ring (bicyclic) bond motifs is 1. The number of hydrogen-bond donors (Lipinski definition) is 0. The molecular formula is C19H28F3NO2. The molecule has 2 aliphatic rings. The van der Waals surface area contributed by atoms with Gasteiger partial charge in [-0.25, -0.2) is 0 Å². The van der Waals surface area contributed by atoms with Crippen molar-refractivity contribution in [3.05, 3.63) is 36.0 Å². The molecule has 0 saturated carbocycles. The Balaban J connectivity index is 0.000000233. The van der Waals surface area contributed by atoms with Crippen molar-refractivity contribution in [3.63, 3.8) is 0 Å². The van der Waals surface area contributed by atoms with E-state index in [0.717, 1.165) is 5.92 Å². The van der Waals surface area contributed by atoms with Crippen LogP contribution in [-0.2, 0) is 0 Å². The summed E-state index contributed by atoms with van der Waals surface area (Å²) in [5, 5.41) is 0. The Labute approximate surface area is 148 Å². The molecule has 1 aromatic carbocycles. The molecule has 1 aliphatic carbocycles. The van der Waals surface area contributed by atoms with E-state index in [1.165, 1.54) is 57.5 Å². The number of allylic oxidation sites excluding steroid dienone is 2. The van der Waals surface area contributed by atoms with Gasteiger partial charge in [-0.1, -0.05) is 32.1 Å². The lowest BCUT2D eigenvalue weighted by Crippen LogP contribution is -2.17. The molecule has 1 fully saturated rings. The smallest absolute Gasteiger partial charge is 0.493 e. The van der Waals surface area contributed by atoms with E-state index >= 15 is 0 Å². The number of benzene rings is 1. The maximum absolute atomic E-state index is 11.8. The number of hydrogen-bond acceptors (Lipinski definition) is 3. The normalized spacial score (nSPS) is 18.8. The molecule has 1 aromatic rings. The molecule has 142 valence electrons. The van der Waals surface area contributed by atoms with Gasteiger partial charge in [-0.2, -0.15) is 0 Å². The summed E-state index contributed by atoms with van der Waals surface area (Å²) in [6, 6.07) is 5.57. The molecule has 3 nitrogen and oxygen atoms in total. The van der Waals surface area contributed by atoms with Gasteiger partial charge < -0.3 is 14.4 Å². The van der Waals surface area contributed by atoms with E-state index in [4.69, 9.17) is 0 Å². The first-order valence-corrected chi connectivity index (χ1v) is 8.70. The number of para-hydroxylation sites is 2. The van der Waals surface area contributed by atoms with Crippen molar-refractivity contribution in [2.24, 2.45) is 5.92 Å². The van der Waals surface area contributed by atoms with Crippen LogP contribution in [0.15, 0.2) is 36.0 Å². The van der Waals surface area contributed by atoms with E-state index < -0.39 is 6.36 Å². The summed E-state index contributed by atoms with van der Waals surface area (Å²) in [5.74, 6) is 0.649. The van der Waals surface area contributed by atoms with Crippen LogP contribution in [0.5, 0.6) is 11.5 Å². The molecule has 25 heavy (non-hydrogen) atoms. The Hall–Kier alpha value is -1.85. The Kier molecular flexibility index (Phi) is 8.66. The van der Waals surface area contributed by atoms with Crippen molar-refractivity contribution in [3.8, 4) is 11.5 Å². The molecule has 0 spiro atoms. The summed E-state index contributed by atoms with van der Waals surface area (Å²) in [5.41, 5.74) is 1.63. The van der Waals surface area contributed by atoms with Crippen LogP contribution in [0, 0.1) is 5.92 Å². The predicted molar refractivity (Wildman–Crippen MR) is 93.7 cm³/mol. The van der Waals surface area contributed by atoms with Crippen LogP contribution >= 0.6 is 0 Å². The quantitative estimate of drug-likeness (QED) is 0.683. The summed E-state index contributed by atoms with van der Waals surface area (Å²) >= 11 is 0. The lowest BCUT2D eigenvalue weighted by molar-refractivity contribution is -0.275. The fraction of sp³-hybridized carbons (Fsp3) is 0.579. The van der Waals surface area contributed by atoms with Gasteiger partial charge in [0.1, 0.15) is 0 Å². The molecule has 0 radical (unpaired) electrons. The number of methoxy groups -OCH3 is 1. The lowest BCUT2D eigenvalue weighted by Gasteiger charge is -2.20. The van der Waals surface area contributed by atoms with E-state index in [2.05, 4.69) is 27.5 Å². The fourth-order valence-electron chi connectivity index (χ4n) is 2.99. The molecule has 0 aromatic heterocycles. The second-order valence-corrected chi connectivity index (χ2v) is 5.67. The van der Waals surface area contributed by atoms with Crippen molar-refractivity contribution < 1.29 is 22.6 Å². The van der Waals surface area contributed by atoms with Crippen LogP contribution in [-0.4, -0.2) is 32.0 Å². The number of likely N-dealkylation sites (tertiary alicyclic amines) is 1. The molecular weight excluding hydrogens is 331 g/mol. The van der Waals surface area contributed by atoms with Gasteiger partial charge in [0.2, 0.25) is 0 Å². The molecule has 1 heterocycles. The van der Waals surface area contributed by atoms with Gasteiger partial charge in [-0.15, -0.1) is 13.2 Å². The van der Waals surface area contributed by atoms with Crippen molar-refractivity contribution in [1.82, 2.24) is 4.90 Å². The summed E-state index contributed by atoms with van der Waals surface area (Å²) in [6.45, 7) is 5.29. The van der Waals surface area contributed by atoms with Gasteiger partial charge in [-0.3, -0.25) is 0 Å². The zero-order valence-corrected chi connectivity index (χ0v) is 15.4. The van der Waals surface area contributed by atoms with Gasteiger partial charge in [0, 0.05) is 25.2 Å². The number of ether oxygens (including phenoxy) is 2. The molecule has 1 saturated heterocycles. The molecule has 0 N–H and O–H groups in total. The highest BCUT2D eigenvalue weighted by atomic mass is 19.4. The predicted octanol–water partition coefficient (Wildman–Crippen LogP) is 5.63. The Morgan fingerprint density at radius 2 is 1.72 bits per heavy atom. The van der Waals surface area contributed by atoms with Crippen LogP contribution < -0.4 is 9.47 Å². The van der Waals surface area contributed by atoms with E-state index in [1.807, 2.05) is 13.8 Å². The van der Waals surface area contributed by atoms with Gasteiger partial charge in [0.05, 0.1) is 7.11 Å². The van der Waals surface area contributed by atoms with Crippen LogP contribution in [0.25, 0.3) is 0 Å². The number of halogens is 3. The number of alkyl halides is 3. The van der Waals surface area contributed by atoms with E-state index in [0.29, 0.717) is 0 Å². The van der Waals surface area contributed by atoms with Crippen LogP contribution in [0.4, 0.5) is 13.2 Å². The highest BCUT2D eigenvalue weighted by Gasteiger charge is 2.32. The van der Waals surface area contributed by atoms with Gasteiger partial charge >= 0.3 is 6.36 Å². The highest BCUT2D eigenvalue weighted by Crippen LogP contribution is 2.34. The minimum Gasteiger partial charge on any atom is -0.493 e. The van der Waals surface area contributed by atoms with Crippen LogP contribution in [0.2, 0.25) is 0 Å². The minimum atomic E-state index is -4.69. The first-order chi connectivity index (χ1) is 11.9. The standard InChI is InChI=1S/C9H15N.C8H7F3O2.C2H6/c1-10-7-6-8-4-2-3-5-9(8)10;1-12-6-4-2-3-5-7(6)13-8(9,10)11;1-2/h5,8H,2-4,6-7H2,1H3;2-5H,1H3;1-2H3. The monoisotopic (exact) mass is 359 g/mol. The maximum atomic E-state index is 11.8. The third-order valence-corrected chi connectivity index (χ3v) is 4.08. The SMILES string of the molecule is CC.CN1CCC2CCCC=C21.COc1ccccc1OC(F)(F)F. The average Bonchev–Trinajstić information content (AvgIpc) is 2.98. The molecule has 0 amide bonds. The second-order valence-electron chi connectivity index (χ2n) is 5.67. The second kappa shape index (κ2) is 10.2. The third-order valence-electron chi connectivity index (χ3n) is 4.08. The Bertz CT molecular complexity index is 544. The van der Waals surface area contributed by atoms with Crippen molar-refractivity contribution in [2.75, 3.05) is 20.7 Å². The lowest BCUT2D eigenvalue weighted by atomic mass is 9.93. The molecule has 6 heteroatoms. The molecule has 0 bridgehead atoms. The summed E-state index contributed by atoms with van der Waals surface area (Å²) < 4.78 is 43.7. The van der Waals surface area contributed by atoms with Gasteiger partial charge in [-0.05, 0) is 37.8 Å². The third kappa shape index (κ3) is 6.88. The first-order valence-electron chi connectivity index (χ1n) is 8.70. The van der Waals surface area contributed by atoms with E-state index in [1.54, 1.807) is 11.8 Å². The fourth-order valence-corrected chi connectivity index (χ4v) is 2.99. The topological polar surface area (TPSA) is 21.7 Å². The average molecular weight is 359 g/mol. The zero-order chi connectivity index (χ0) is 18.9. The van der Waals surface area contributed by atoms with Crippen molar-refractivity contribution in [1.29, 1.82) is 0 Å². The van der Waals surface area contributed by atoms with Crippen molar-refractivity contribution >= 4 is 0 Å². The van der Waals surface area contributed by atoms with Crippen LogP contribution in [0.3, 0.4) is 0 Å². The molecule has 3 rings (SSSR count). The summed E-state index contributed by atoms with van der Waals surface area (Å²) in [6.07, 6.45) is 3.33. The van der Waals surface area contributed by atoms with Crippen molar-refractivity contribution in [2.45, 2.75) is 45.9 Å².